The molecule has 0 aliphatic heterocycles. The fourth-order valence-electron chi connectivity index (χ4n) is 1.74. The SMILES string of the molecule is CC(C)(N)CCn1ccc2ccccc21. The molecule has 1 heterocycles. The predicted octanol–water partition coefficient (Wildman–Crippen LogP) is 2.77. The van der Waals surface area contributed by atoms with Crippen molar-refractivity contribution in [1.29, 1.82) is 0 Å². The van der Waals surface area contributed by atoms with Gasteiger partial charge < -0.3 is 10.3 Å². The second-order valence-corrected chi connectivity index (χ2v) is 4.81. The summed E-state index contributed by atoms with van der Waals surface area (Å²) in [7, 11) is 0. The van der Waals surface area contributed by atoms with E-state index >= 15 is 0 Å². The van der Waals surface area contributed by atoms with Gasteiger partial charge in [-0.1, -0.05) is 18.2 Å². The van der Waals surface area contributed by atoms with Crippen LogP contribution in [0.15, 0.2) is 36.5 Å². The van der Waals surface area contributed by atoms with Gasteiger partial charge in [-0.3, -0.25) is 0 Å². The maximum absolute atomic E-state index is 5.98. The number of benzene rings is 1. The molecule has 0 amide bonds. The van der Waals surface area contributed by atoms with Crippen molar-refractivity contribution in [2.24, 2.45) is 5.73 Å². The Morgan fingerprint density at radius 1 is 1.20 bits per heavy atom. The largest absolute Gasteiger partial charge is 0.347 e. The molecule has 2 nitrogen and oxygen atoms in total. The minimum Gasteiger partial charge on any atom is -0.347 e. The number of aromatic nitrogens is 1. The number of fused-ring (bicyclic) bond motifs is 1. The summed E-state index contributed by atoms with van der Waals surface area (Å²) in [5, 5.41) is 1.30. The first kappa shape index (κ1) is 10.2. The highest BCUT2D eigenvalue weighted by molar-refractivity contribution is 5.79. The van der Waals surface area contributed by atoms with E-state index < -0.39 is 0 Å². The van der Waals surface area contributed by atoms with Crippen LogP contribution in [-0.4, -0.2) is 10.1 Å². The molecule has 0 aliphatic rings. The molecule has 0 aliphatic carbocycles. The summed E-state index contributed by atoms with van der Waals surface area (Å²) < 4.78 is 2.27. The molecule has 0 unspecified atom stereocenters. The number of rotatable bonds is 3. The first-order valence-corrected chi connectivity index (χ1v) is 5.39. The van der Waals surface area contributed by atoms with E-state index in [0.717, 1.165) is 13.0 Å². The third-order valence-corrected chi connectivity index (χ3v) is 2.68. The van der Waals surface area contributed by atoms with Crippen LogP contribution in [0.3, 0.4) is 0 Å². The van der Waals surface area contributed by atoms with E-state index in [0.29, 0.717) is 0 Å². The molecule has 15 heavy (non-hydrogen) atoms. The fourth-order valence-corrected chi connectivity index (χ4v) is 1.74. The molecule has 0 saturated carbocycles. The fraction of sp³-hybridized carbons (Fsp3) is 0.385. The normalized spacial score (nSPS) is 12.2. The number of nitrogens with two attached hydrogens (primary N) is 1. The zero-order valence-corrected chi connectivity index (χ0v) is 9.40. The molecule has 2 rings (SSSR count). The van der Waals surface area contributed by atoms with Crippen LogP contribution in [0, 0.1) is 0 Å². The summed E-state index contributed by atoms with van der Waals surface area (Å²) >= 11 is 0. The number of aryl methyl sites for hydroxylation is 1. The molecule has 0 saturated heterocycles. The lowest BCUT2D eigenvalue weighted by Crippen LogP contribution is -2.33. The second-order valence-electron chi connectivity index (χ2n) is 4.81. The van der Waals surface area contributed by atoms with Crippen LogP contribution < -0.4 is 5.73 Å². The Balaban J connectivity index is 2.22. The quantitative estimate of drug-likeness (QED) is 0.815. The Morgan fingerprint density at radius 2 is 1.93 bits per heavy atom. The Kier molecular flexibility index (Phi) is 2.53. The Morgan fingerprint density at radius 3 is 2.67 bits per heavy atom. The lowest BCUT2D eigenvalue weighted by Gasteiger charge is -2.18. The Bertz CT molecular complexity index is 449. The van der Waals surface area contributed by atoms with E-state index in [1.165, 1.54) is 10.9 Å². The van der Waals surface area contributed by atoms with Gasteiger partial charge in [0.2, 0.25) is 0 Å². The van der Waals surface area contributed by atoms with Crippen molar-refractivity contribution in [3.63, 3.8) is 0 Å². The second kappa shape index (κ2) is 3.70. The van der Waals surface area contributed by atoms with Crippen LogP contribution >= 0.6 is 0 Å². The molecular weight excluding hydrogens is 184 g/mol. The van der Waals surface area contributed by atoms with E-state index in [-0.39, 0.29) is 5.54 Å². The Labute approximate surface area is 90.7 Å². The van der Waals surface area contributed by atoms with E-state index in [9.17, 15) is 0 Å². The molecule has 80 valence electrons. The topological polar surface area (TPSA) is 30.9 Å². The van der Waals surface area contributed by atoms with Gasteiger partial charge in [-0.05, 0) is 37.8 Å². The number of para-hydroxylation sites is 1. The molecule has 2 aromatic rings. The molecule has 1 aromatic carbocycles. The van der Waals surface area contributed by atoms with Crippen LogP contribution in [0.2, 0.25) is 0 Å². The standard InChI is InChI=1S/C13H18N2/c1-13(2,14)8-10-15-9-7-11-5-3-4-6-12(11)15/h3-7,9H,8,10,14H2,1-2H3. The summed E-state index contributed by atoms with van der Waals surface area (Å²) in [6, 6.07) is 10.6. The summed E-state index contributed by atoms with van der Waals surface area (Å²) in [5.41, 5.74) is 7.18. The smallest absolute Gasteiger partial charge is 0.0480 e. The van der Waals surface area contributed by atoms with Gasteiger partial charge in [0.15, 0.2) is 0 Å². The van der Waals surface area contributed by atoms with Gasteiger partial charge in [-0.15, -0.1) is 0 Å². The predicted molar refractivity (Wildman–Crippen MR) is 64.8 cm³/mol. The third-order valence-electron chi connectivity index (χ3n) is 2.68. The van der Waals surface area contributed by atoms with Crippen LogP contribution in [0.5, 0.6) is 0 Å². The van der Waals surface area contributed by atoms with Gasteiger partial charge in [0.1, 0.15) is 0 Å². The molecule has 0 radical (unpaired) electrons. The maximum Gasteiger partial charge on any atom is 0.0480 e. The van der Waals surface area contributed by atoms with Crippen molar-refractivity contribution in [3.05, 3.63) is 36.5 Å². The third kappa shape index (κ3) is 2.39. The Hall–Kier alpha value is -1.28. The van der Waals surface area contributed by atoms with Gasteiger partial charge in [-0.25, -0.2) is 0 Å². The summed E-state index contributed by atoms with van der Waals surface area (Å²) in [6.07, 6.45) is 3.13. The van der Waals surface area contributed by atoms with Gasteiger partial charge in [0, 0.05) is 23.8 Å². The molecular formula is C13H18N2. The van der Waals surface area contributed by atoms with Crippen molar-refractivity contribution in [2.75, 3.05) is 0 Å². The molecule has 0 atom stereocenters. The molecule has 0 spiro atoms. The van der Waals surface area contributed by atoms with E-state index in [1.54, 1.807) is 0 Å². The summed E-state index contributed by atoms with van der Waals surface area (Å²) in [4.78, 5) is 0. The van der Waals surface area contributed by atoms with Gasteiger partial charge in [-0.2, -0.15) is 0 Å². The lowest BCUT2D eigenvalue weighted by molar-refractivity contribution is 0.441. The van der Waals surface area contributed by atoms with E-state index in [4.69, 9.17) is 5.73 Å². The van der Waals surface area contributed by atoms with Crippen LogP contribution in [0.25, 0.3) is 10.9 Å². The molecule has 2 N–H and O–H groups in total. The minimum atomic E-state index is -0.0919. The maximum atomic E-state index is 5.98. The van der Waals surface area contributed by atoms with E-state index in [1.807, 2.05) is 0 Å². The first-order chi connectivity index (χ1) is 7.06. The number of hydrogen-bond donors (Lipinski definition) is 1. The average Bonchev–Trinajstić information content (AvgIpc) is 2.57. The number of hydrogen-bond acceptors (Lipinski definition) is 1. The van der Waals surface area contributed by atoms with Gasteiger partial charge in [0.05, 0.1) is 0 Å². The van der Waals surface area contributed by atoms with Crippen molar-refractivity contribution in [3.8, 4) is 0 Å². The van der Waals surface area contributed by atoms with Gasteiger partial charge in [0.25, 0.3) is 0 Å². The van der Waals surface area contributed by atoms with Crippen LogP contribution in [0.4, 0.5) is 0 Å². The van der Waals surface area contributed by atoms with Crippen molar-refractivity contribution in [2.45, 2.75) is 32.4 Å². The zero-order valence-electron chi connectivity index (χ0n) is 9.40. The van der Waals surface area contributed by atoms with Crippen molar-refractivity contribution >= 4 is 10.9 Å². The summed E-state index contributed by atoms with van der Waals surface area (Å²) in [5.74, 6) is 0. The summed E-state index contributed by atoms with van der Waals surface area (Å²) in [6.45, 7) is 5.12. The highest BCUT2D eigenvalue weighted by atomic mass is 15.0. The molecule has 2 heteroatoms. The monoisotopic (exact) mass is 202 g/mol. The highest BCUT2D eigenvalue weighted by Crippen LogP contribution is 2.16. The molecule has 0 fully saturated rings. The molecule has 1 aromatic heterocycles. The van der Waals surface area contributed by atoms with Gasteiger partial charge >= 0.3 is 0 Å². The lowest BCUT2D eigenvalue weighted by atomic mass is 10.0. The number of nitrogens with zero attached hydrogens (tertiary/aromatic N) is 1. The van der Waals surface area contributed by atoms with E-state index in [2.05, 4.69) is 54.9 Å². The van der Waals surface area contributed by atoms with Crippen LogP contribution in [-0.2, 0) is 6.54 Å². The van der Waals surface area contributed by atoms with Crippen LogP contribution in [0.1, 0.15) is 20.3 Å². The molecule has 0 bridgehead atoms. The highest BCUT2D eigenvalue weighted by Gasteiger charge is 2.10. The average molecular weight is 202 g/mol. The zero-order chi connectivity index (χ0) is 10.9. The van der Waals surface area contributed by atoms with Crippen molar-refractivity contribution in [1.82, 2.24) is 4.57 Å². The first-order valence-electron chi connectivity index (χ1n) is 5.39. The van der Waals surface area contributed by atoms with Crippen molar-refractivity contribution < 1.29 is 0 Å². The minimum absolute atomic E-state index is 0.0919.